The second-order valence-electron chi connectivity index (χ2n) is 5.30. The summed E-state index contributed by atoms with van der Waals surface area (Å²) in [4.78, 5) is 23.6. The van der Waals surface area contributed by atoms with Crippen molar-refractivity contribution in [3.05, 3.63) is 30.1 Å². The van der Waals surface area contributed by atoms with E-state index < -0.39 is 11.8 Å². The van der Waals surface area contributed by atoms with E-state index in [1.54, 1.807) is 0 Å². The van der Waals surface area contributed by atoms with Gasteiger partial charge in [-0.15, -0.1) is 0 Å². The molecule has 2 amide bonds. The lowest BCUT2D eigenvalue weighted by Gasteiger charge is -2.29. The molecule has 1 saturated carbocycles. The highest BCUT2D eigenvalue weighted by Gasteiger charge is 2.25. The maximum Gasteiger partial charge on any atom is 0.313 e. The summed E-state index contributed by atoms with van der Waals surface area (Å²) in [6.07, 6.45) is 4.24. The van der Waals surface area contributed by atoms with Gasteiger partial charge in [-0.05, 0) is 43.0 Å². The standard InChI is InChI=1S/C15H19FN2O2/c1-10-4-2-3-5-13(10)18-15(20)14(19)17-12-8-6-11(16)7-9-12/h6-10,13H,2-5H2,1H3,(H,17,19)(H,18,20)/t10-,13-/m0/s1. The molecule has 1 aliphatic carbocycles. The minimum Gasteiger partial charge on any atom is -0.345 e. The van der Waals surface area contributed by atoms with Gasteiger partial charge in [0, 0.05) is 11.7 Å². The van der Waals surface area contributed by atoms with E-state index in [1.807, 2.05) is 0 Å². The molecule has 0 aliphatic heterocycles. The molecule has 2 atom stereocenters. The Kier molecular flexibility index (Phi) is 4.71. The Balaban J connectivity index is 1.88. The maximum atomic E-state index is 12.7. The predicted molar refractivity (Wildman–Crippen MR) is 74.6 cm³/mol. The zero-order valence-electron chi connectivity index (χ0n) is 11.5. The Bertz CT molecular complexity index is 487. The number of benzene rings is 1. The van der Waals surface area contributed by atoms with E-state index in [4.69, 9.17) is 0 Å². The van der Waals surface area contributed by atoms with E-state index in [2.05, 4.69) is 17.6 Å². The lowest BCUT2D eigenvalue weighted by molar-refractivity contribution is -0.137. The molecule has 0 bridgehead atoms. The van der Waals surface area contributed by atoms with Crippen molar-refractivity contribution in [3.8, 4) is 0 Å². The topological polar surface area (TPSA) is 58.2 Å². The van der Waals surface area contributed by atoms with E-state index in [-0.39, 0.29) is 11.9 Å². The summed E-state index contributed by atoms with van der Waals surface area (Å²) >= 11 is 0. The van der Waals surface area contributed by atoms with Crippen LogP contribution in [0.4, 0.5) is 10.1 Å². The van der Waals surface area contributed by atoms with Crippen LogP contribution >= 0.6 is 0 Å². The molecule has 1 fully saturated rings. The minimum absolute atomic E-state index is 0.0650. The van der Waals surface area contributed by atoms with Gasteiger partial charge in [-0.25, -0.2) is 4.39 Å². The first-order valence-electron chi connectivity index (χ1n) is 6.93. The van der Waals surface area contributed by atoms with Crippen molar-refractivity contribution in [1.82, 2.24) is 5.32 Å². The first-order chi connectivity index (χ1) is 9.56. The fraction of sp³-hybridized carbons (Fsp3) is 0.467. The molecule has 0 aromatic heterocycles. The first-order valence-corrected chi connectivity index (χ1v) is 6.93. The summed E-state index contributed by atoms with van der Waals surface area (Å²) in [5.41, 5.74) is 0.406. The van der Waals surface area contributed by atoms with Crippen molar-refractivity contribution < 1.29 is 14.0 Å². The smallest absolute Gasteiger partial charge is 0.313 e. The number of carbonyl (C=O) groups excluding carboxylic acids is 2. The van der Waals surface area contributed by atoms with Crippen LogP contribution in [0.1, 0.15) is 32.6 Å². The minimum atomic E-state index is -0.714. The van der Waals surface area contributed by atoms with Gasteiger partial charge in [-0.2, -0.15) is 0 Å². The van der Waals surface area contributed by atoms with Gasteiger partial charge in [0.2, 0.25) is 0 Å². The molecule has 1 aromatic carbocycles. The third kappa shape index (κ3) is 3.79. The zero-order valence-corrected chi connectivity index (χ0v) is 11.5. The van der Waals surface area contributed by atoms with E-state index >= 15 is 0 Å². The van der Waals surface area contributed by atoms with Crippen LogP contribution in [-0.2, 0) is 9.59 Å². The van der Waals surface area contributed by atoms with Crippen LogP contribution in [0.2, 0.25) is 0 Å². The monoisotopic (exact) mass is 278 g/mol. The normalized spacial score (nSPS) is 22.1. The quantitative estimate of drug-likeness (QED) is 0.816. The molecule has 1 aliphatic rings. The third-order valence-electron chi connectivity index (χ3n) is 3.74. The Labute approximate surface area is 117 Å². The molecular formula is C15H19FN2O2. The van der Waals surface area contributed by atoms with Gasteiger partial charge in [0.1, 0.15) is 5.82 Å². The molecule has 0 heterocycles. The van der Waals surface area contributed by atoms with Crippen molar-refractivity contribution >= 4 is 17.5 Å². The zero-order chi connectivity index (χ0) is 14.5. The van der Waals surface area contributed by atoms with Crippen molar-refractivity contribution in [1.29, 1.82) is 0 Å². The van der Waals surface area contributed by atoms with Gasteiger partial charge >= 0.3 is 11.8 Å². The number of anilines is 1. The number of carbonyl (C=O) groups is 2. The van der Waals surface area contributed by atoms with Crippen LogP contribution in [0, 0.1) is 11.7 Å². The summed E-state index contributed by atoms with van der Waals surface area (Å²) in [7, 11) is 0. The second kappa shape index (κ2) is 6.50. The second-order valence-corrected chi connectivity index (χ2v) is 5.30. The number of nitrogens with one attached hydrogen (secondary N) is 2. The van der Waals surface area contributed by atoms with Gasteiger partial charge in [0.25, 0.3) is 0 Å². The summed E-state index contributed by atoms with van der Waals surface area (Å²) in [5, 5.41) is 5.23. The summed E-state index contributed by atoms with van der Waals surface area (Å²) < 4.78 is 12.7. The molecule has 2 rings (SSSR count). The summed E-state index contributed by atoms with van der Waals surface area (Å²) in [6, 6.07) is 5.37. The predicted octanol–water partition coefficient (Wildman–Crippen LogP) is 2.46. The Morgan fingerprint density at radius 2 is 1.75 bits per heavy atom. The largest absolute Gasteiger partial charge is 0.345 e. The molecule has 0 radical (unpaired) electrons. The van der Waals surface area contributed by atoms with Crippen molar-refractivity contribution in [2.75, 3.05) is 5.32 Å². The van der Waals surface area contributed by atoms with Crippen molar-refractivity contribution in [3.63, 3.8) is 0 Å². The Morgan fingerprint density at radius 3 is 2.40 bits per heavy atom. The number of hydrogen-bond donors (Lipinski definition) is 2. The van der Waals surface area contributed by atoms with Crippen LogP contribution in [0.25, 0.3) is 0 Å². The van der Waals surface area contributed by atoms with Crippen molar-refractivity contribution in [2.45, 2.75) is 38.6 Å². The first kappa shape index (κ1) is 14.5. The highest BCUT2D eigenvalue weighted by Crippen LogP contribution is 2.23. The molecular weight excluding hydrogens is 259 g/mol. The Morgan fingerprint density at radius 1 is 1.10 bits per heavy atom. The summed E-state index contributed by atoms with van der Waals surface area (Å²) in [5.74, 6) is -1.34. The van der Waals surface area contributed by atoms with Gasteiger partial charge in [0.05, 0.1) is 0 Å². The lowest BCUT2D eigenvalue weighted by atomic mass is 9.86. The molecule has 0 spiro atoms. The molecule has 20 heavy (non-hydrogen) atoms. The van der Waals surface area contributed by atoms with Gasteiger partial charge in [-0.1, -0.05) is 19.8 Å². The van der Waals surface area contributed by atoms with E-state index in [1.165, 1.54) is 30.7 Å². The van der Waals surface area contributed by atoms with Gasteiger partial charge in [-0.3, -0.25) is 9.59 Å². The van der Waals surface area contributed by atoms with Crippen molar-refractivity contribution in [2.24, 2.45) is 5.92 Å². The van der Waals surface area contributed by atoms with Gasteiger partial charge < -0.3 is 10.6 Å². The van der Waals surface area contributed by atoms with Crippen LogP contribution in [-0.4, -0.2) is 17.9 Å². The molecule has 1 aromatic rings. The lowest BCUT2D eigenvalue weighted by Crippen LogP contribution is -2.45. The van der Waals surface area contributed by atoms with Crippen LogP contribution < -0.4 is 10.6 Å². The molecule has 0 saturated heterocycles. The highest BCUT2D eigenvalue weighted by atomic mass is 19.1. The molecule has 2 N–H and O–H groups in total. The van der Waals surface area contributed by atoms with E-state index in [0.29, 0.717) is 11.6 Å². The molecule has 108 valence electrons. The third-order valence-corrected chi connectivity index (χ3v) is 3.74. The maximum absolute atomic E-state index is 12.7. The molecule has 5 heteroatoms. The number of rotatable bonds is 2. The fourth-order valence-corrected chi connectivity index (χ4v) is 2.49. The van der Waals surface area contributed by atoms with E-state index in [9.17, 15) is 14.0 Å². The highest BCUT2D eigenvalue weighted by molar-refractivity contribution is 6.39. The number of amides is 2. The van der Waals surface area contributed by atoms with Crippen LogP contribution in [0.3, 0.4) is 0 Å². The summed E-state index contributed by atoms with van der Waals surface area (Å²) in [6.45, 7) is 2.09. The molecule has 4 nitrogen and oxygen atoms in total. The van der Waals surface area contributed by atoms with Gasteiger partial charge in [0.15, 0.2) is 0 Å². The fourth-order valence-electron chi connectivity index (χ4n) is 2.49. The van der Waals surface area contributed by atoms with E-state index in [0.717, 1.165) is 19.3 Å². The molecule has 0 unspecified atom stereocenters. The van der Waals surface area contributed by atoms with Crippen LogP contribution in [0.5, 0.6) is 0 Å². The average Bonchev–Trinajstić information content (AvgIpc) is 2.44. The average molecular weight is 278 g/mol. The number of halogens is 1. The van der Waals surface area contributed by atoms with Crippen LogP contribution in [0.15, 0.2) is 24.3 Å². The Hall–Kier alpha value is -1.91. The number of hydrogen-bond acceptors (Lipinski definition) is 2. The SMILES string of the molecule is C[C@H]1CCCC[C@@H]1NC(=O)C(=O)Nc1ccc(F)cc1.